The monoisotopic (exact) mass is 271 g/mol. The first-order valence-corrected chi connectivity index (χ1v) is 7.32. The summed E-state index contributed by atoms with van der Waals surface area (Å²) in [5.74, 6) is 0. The zero-order valence-electron chi connectivity index (χ0n) is 9.29. The normalized spacial score (nSPS) is 12.9. The first-order chi connectivity index (χ1) is 7.72. The molecule has 0 aliphatic rings. The Morgan fingerprint density at radius 1 is 1.38 bits per heavy atom. The molecular weight excluding hydrogens is 258 g/mol. The number of hydrogen-bond acceptors (Lipinski definition) is 3. The van der Waals surface area contributed by atoms with E-state index in [-0.39, 0.29) is 6.04 Å². The lowest BCUT2D eigenvalue weighted by molar-refractivity contribution is 0.649. The van der Waals surface area contributed by atoms with Gasteiger partial charge in [-0.2, -0.15) is 0 Å². The summed E-state index contributed by atoms with van der Waals surface area (Å²) in [6.07, 6.45) is 0. The fourth-order valence-corrected chi connectivity index (χ4v) is 3.94. The molecule has 1 unspecified atom stereocenters. The van der Waals surface area contributed by atoms with Gasteiger partial charge in [0.1, 0.15) is 0 Å². The second-order valence-electron chi connectivity index (χ2n) is 3.57. The van der Waals surface area contributed by atoms with Crippen LogP contribution in [0.1, 0.15) is 27.6 Å². The number of nitrogens with one attached hydrogen (secondary N) is 1. The van der Waals surface area contributed by atoms with Gasteiger partial charge < -0.3 is 5.32 Å². The third-order valence-electron chi connectivity index (χ3n) is 2.36. The number of aryl methyl sites for hydroxylation is 1. The highest BCUT2D eigenvalue weighted by Crippen LogP contribution is 2.35. The Morgan fingerprint density at radius 2 is 2.19 bits per heavy atom. The minimum absolute atomic E-state index is 0.246. The lowest BCUT2D eigenvalue weighted by Gasteiger charge is -2.15. The molecule has 0 saturated heterocycles. The average molecular weight is 272 g/mol. The number of halogens is 1. The van der Waals surface area contributed by atoms with Gasteiger partial charge in [0, 0.05) is 14.6 Å². The second-order valence-corrected chi connectivity index (χ2v) is 6.25. The van der Waals surface area contributed by atoms with Crippen molar-refractivity contribution in [1.29, 1.82) is 0 Å². The molecule has 0 saturated carbocycles. The lowest BCUT2D eigenvalue weighted by Crippen LogP contribution is -2.20. The summed E-state index contributed by atoms with van der Waals surface area (Å²) in [5, 5.41) is 6.40. The molecule has 0 amide bonds. The highest BCUT2D eigenvalue weighted by atomic mass is 35.5. The van der Waals surface area contributed by atoms with E-state index in [2.05, 4.69) is 31.3 Å². The predicted octanol–water partition coefficient (Wildman–Crippen LogP) is 4.47. The Hall–Kier alpha value is -0.350. The van der Waals surface area contributed by atoms with E-state index in [0.717, 1.165) is 11.6 Å². The van der Waals surface area contributed by atoms with E-state index >= 15 is 0 Å². The Labute approximate surface area is 109 Å². The first-order valence-electron chi connectivity index (χ1n) is 5.25. The smallest absolute Gasteiger partial charge is 0.0779 e. The van der Waals surface area contributed by atoms with E-state index in [1.165, 1.54) is 14.6 Å². The van der Waals surface area contributed by atoms with Crippen molar-refractivity contribution in [3.05, 3.63) is 43.2 Å². The summed E-state index contributed by atoms with van der Waals surface area (Å²) in [6.45, 7) is 5.19. The van der Waals surface area contributed by atoms with Crippen LogP contribution in [0.3, 0.4) is 0 Å². The summed E-state index contributed by atoms with van der Waals surface area (Å²) >= 11 is 9.74. The van der Waals surface area contributed by atoms with Gasteiger partial charge >= 0.3 is 0 Å². The lowest BCUT2D eigenvalue weighted by atomic mass is 10.2. The molecule has 16 heavy (non-hydrogen) atoms. The van der Waals surface area contributed by atoms with Crippen molar-refractivity contribution in [3.8, 4) is 0 Å². The van der Waals surface area contributed by atoms with Gasteiger partial charge in [0.05, 0.1) is 11.1 Å². The average Bonchev–Trinajstić information content (AvgIpc) is 2.84. The Morgan fingerprint density at radius 3 is 2.69 bits per heavy atom. The number of thiophene rings is 2. The molecule has 0 aromatic carbocycles. The SMILES string of the molecule is CCNC(c1ccc(C)s1)c1sccc1Cl. The molecule has 2 aromatic rings. The molecule has 0 bridgehead atoms. The topological polar surface area (TPSA) is 12.0 Å². The van der Waals surface area contributed by atoms with Crippen LogP contribution in [0.4, 0.5) is 0 Å². The van der Waals surface area contributed by atoms with E-state index < -0.39 is 0 Å². The third-order valence-corrected chi connectivity index (χ3v) is 4.85. The first kappa shape index (κ1) is 12.1. The summed E-state index contributed by atoms with van der Waals surface area (Å²) in [5.41, 5.74) is 0. The molecule has 2 heterocycles. The highest BCUT2D eigenvalue weighted by Gasteiger charge is 2.18. The van der Waals surface area contributed by atoms with Crippen LogP contribution in [0, 0.1) is 6.92 Å². The standard InChI is InChI=1S/C12H14ClNS2/c1-3-14-11(10-5-4-8(2)16-10)12-9(13)6-7-15-12/h4-7,11,14H,3H2,1-2H3. The molecule has 1 atom stereocenters. The number of hydrogen-bond donors (Lipinski definition) is 1. The molecule has 2 aromatic heterocycles. The minimum Gasteiger partial charge on any atom is -0.305 e. The molecule has 0 aliphatic heterocycles. The Balaban J connectivity index is 2.34. The molecule has 0 radical (unpaired) electrons. The summed E-state index contributed by atoms with van der Waals surface area (Å²) in [7, 11) is 0. The van der Waals surface area contributed by atoms with Crippen LogP contribution in [0.2, 0.25) is 5.02 Å². The van der Waals surface area contributed by atoms with Crippen molar-refractivity contribution in [3.63, 3.8) is 0 Å². The van der Waals surface area contributed by atoms with Crippen LogP contribution < -0.4 is 5.32 Å². The molecule has 0 aliphatic carbocycles. The van der Waals surface area contributed by atoms with Crippen LogP contribution in [0.15, 0.2) is 23.6 Å². The molecule has 1 N–H and O–H groups in total. The molecule has 4 heteroatoms. The molecule has 0 spiro atoms. The van der Waals surface area contributed by atoms with Crippen molar-refractivity contribution >= 4 is 34.3 Å². The third kappa shape index (κ3) is 2.48. The summed E-state index contributed by atoms with van der Waals surface area (Å²) < 4.78 is 0. The molecule has 2 rings (SSSR count). The quantitative estimate of drug-likeness (QED) is 0.865. The van der Waals surface area contributed by atoms with Gasteiger partial charge in [-0.3, -0.25) is 0 Å². The fourth-order valence-electron chi connectivity index (χ4n) is 1.65. The fraction of sp³-hybridized carbons (Fsp3) is 0.333. The zero-order chi connectivity index (χ0) is 11.5. The summed E-state index contributed by atoms with van der Waals surface area (Å²) in [6, 6.07) is 6.55. The van der Waals surface area contributed by atoms with Crippen molar-refractivity contribution in [1.82, 2.24) is 5.32 Å². The van der Waals surface area contributed by atoms with Gasteiger partial charge in [-0.05, 0) is 37.0 Å². The maximum atomic E-state index is 6.20. The van der Waals surface area contributed by atoms with E-state index in [4.69, 9.17) is 11.6 Å². The van der Waals surface area contributed by atoms with Gasteiger partial charge in [-0.15, -0.1) is 22.7 Å². The molecule has 86 valence electrons. The zero-order valence-corrected chi connectivity index (χ0v) is 11.7. The van der Waals surface area contributed by atoms with E-state index in [9.17, 15) is 0 Å². The second kappa shape index (κ2) is 5.32. The number of rotatable bonds is 4. The van der Waals surface area contributed by atoms with Crippen LogP contribution in [-0.4, -0.2) is 6.54 Å². The predicted molar refractivity (Wildman–Crippen MR) is 73.9 cm³/mol. The van der Waals surface area contributed by atoms with Crippen LogP contribution in [-0.2, 0) is 0 Å². The molecule has 1 nitrogen and oxygen atoms in total. The van der Waals surface area contributed by atoms with Gasteiger partial charge in [-0.25, -0.2) is 0 Å². The van der Waals surface area contributed by atoms with Crippen molar-refractivity contribution in [2.75, 3.05) is 6.54 Å². The van der Waals surface area contributed by atoms with Gasteiger partial charge in [0.25, 0.3) is 0 Å². The van der Waals surface area contributed by atoms with Crippen molar-refractivity contribution in [2.24, 2.45) is 0 Å². The largest absolute Gasteiger partial charge is 0.305 e. The van der Waals surface area contributed by atoms with Gasteiger partial charge in [0.15, 0.2) is 0 Å². The summed E-state index contributed by atoms with van der Waals surface area (Å²) in [4.78, 5) is 3.89. The highest BCUT2D eigenvalue weighted by molar-refractivity contribution is 7.13. The Bertz CT molecular complexity index is 461. The van der Waals surface area contributed by atoms with Gasteiger partial charge in [0.2, 0.25) is 0 Å². The molecular formula is C12H14ClNS2. The van der Waals surface area contributed by atoms with Crippen molar-refractivity contribution < 1.29 is 0 Å². The van der Waals surface area contributed by atoms with Gasteiger partial charge in [-0.1, -0.05) is 18.5 Å². The Kier molecular flexibility index (Phi) is 4.03. The van der Waals surface area contributed by atoms with Crippen LogP contribution in [0.5, 0.6) is 0 Å². The van der Waals surface area contributed by atoms with Crippen LogP contribution >= 0.6 is 34.3 Å². The van der Waals surface area contributed by atoms with E-state index in [1.54, 1.807) is 11.3 Å². The van der Waals surface area contributed by atoms with Crippen molar-refractivity contribution in [2.45, 2.75) is 19.9 Å². The minimum atomic E-state index is 0.246. The molecule has 0 fully saturated rings. The van der Waals surface area contributed by atoms with E-state index in [0.29, 0.717) is 0 Å². The van der Waals surface area contributed by atoms with Crippen LogP contribution in [0.25, 0.3) is 0 Å². The van der Waals surface area contributed by atoms with E-state index in [1.807, 2.05) is 22.8 Å². The maximum Gasteiger partial charge on any atom is 0.0779 e. The maximum absolute atomic E-state index is 6.20.